The molecule has 9 atom stereocenters. The summed E-state index contributed by atoms with van der Waals surface area (Å²) in [6.45, 7) is 10.4. The van der Waals surface area contributed by atoms with Crippen LogP contribution in [0.1, 0.15) is 85.5 Å². The Morgan fingerprint density at radius 3 is 2.71 bits per heavy atom. The lowest BCUT2D eigenvalue weighted by Gasteiger charge is -2.61. The number of nitrogens with zero attached hydrogens (tertiary/aromatic N) is 3. The summed E-state index contributed by atoms with van der Waals surface area (Å²) >= 11 is 0. The smallest absolute Gasteiger partial charge is 0.158 e. The summed E-state index contributed by atoms with van der Waals surface area (Å²) in [4.78, 5) is 18.3. The minimum Gasteiger partial charge on any atom is -0.297 e. The Hall–Kier alpha value is -1.71. The molecule has 2 aromatic rings. The molecule has 4 nitrogen and oxygen atoms in total. The molecule has 0 radical (unpaired) electrons. The molecule has 184 valence electrons. The Labute approximate surface area is 205 Å². The van der Waals surface area contributed by atoms with Crippen molar-refractivity contribution in [1.29, 1.82) is 0 Å². The quantitative estimate of drug-likeness (QED) is 0.496. The highest BCUT2D eigenvalue weighted by atomic mass is 16.1. The molecule has 0 spiro atoms. The van der Waals surface area contributed by atoms with E-state index in [0.29, 0.717) is 23.7 Å². The van der Waals surface area contributed by atoms with E-state index in [9.17, 15) is 4.79 Å². The van der Waals surface area contributed by atoms with Crippen molar-refractivity contribution < 1.29 is 4.79 Å². The zero-order valence-electron chi connectivity index (χ0n) is 21.7. The minimum absolute atomic E-state index is 0.158. The van der Waals surface area contributed by atoms with Crippen LogP contribution in [0, 0.1) is 52.3 Å². The number of rotatable bonds is 4. The third-order valence-electron chi connectivity index (χ3n) is 11.7. The molecule has 0 amide bonds. The van der Waals surface area contributed by atoms with E-state index in [1.54, 1.807) is 6.20 Å². The average Bonchev–Trinajstić information content (AvgIpc) is 3.37. The largest absolute Gasteiger partial charge is 0.297 e. The molecule has 4 saturated carbocycles. The minimum atomic E-state index is 0.158. The summed E-state index contributed by atoms with van der Waals surface area (Å²) in [5, 5.41) is 5.63. The van der Waals surface area contributed by atoms with Gasteiger partial charge in [-0.1, -0.05) is 40.5 Å². The van der Waals surface area contributed by atoms with Crippen LogP contribution in [0.3, 0.4) is 0 Å². The number of hydrogen-bond acceptors (Lipinski definition) is 3. The van der Waals surface area contributed by atoms with Crippen molar-refractivity contribution in [2.75, 3.05) is 0 Å². The van der Waals surface area contributed by atoms with Gasteiger partial charge in [-0.15, -0.1) is 0 Å². The summed E-state index contributed by atoms with van der Waals surface area (Å²) in [5.41, 5.74) is 1.68. The normalized spacial score (nSPS) is 43.8. The van der Waals surface area contributed by atoms with Crippen LogP contribution in [0.5, 0.6) is 0 Å². The molecular weight excluding hydrogens is 418 g/mol. The molecule has 34 heavy (non-hydrogen) atoms. The number of fused-ring (bicyclic) bond motifs is 6. The van der Waals surface area contributed by atoms with Crippen LogP contribution in [-0.4, -0.2) is 20.5 Å². The van der Waals surface area contributed by atoms with E-state index in [0.717, 1.165) is 46.9 Å². The molecule has 4 heteroatoms. The topological polar surface area (TPSA) is 47.8 Å². The van der Waals surface area contributed by atoms with Crippen LogP contribution in [0.25, 0.3) is 10.9 Å². The Morgan fingerprint density at radius 2 is 1.88 bits per heavy atom. The fraction of sp³-hybridized carbons (Fsp3) is 0.767. The van der Waals surface area contributed by atoms with Gasteiger partial charge in [0.1, 0.15) is 6.54 Å². The van der Waals surface area contributed by atoms with Gasteiger partial charge in [-0.25, -0.2) is 0 Å². The number of aromatic nitrogens is 3. The SMILES string of the molecule is CC[C@@H]1CC2C3CCC4CC(C)CCC4(C)C3CCC2(C)C1C(=O)Cn1ncc2ccncc21. The molecular formula is C30H43N3O. The van der Waals surface area contributed by atoms with E-state index in [1.807, 2.05) is 23.1 Å². The summed E-state index contributed by atoms with van der Waals surface area (Å²) in [6.07, 6.45) is 17.6. The molecule has 2 heterocycles. The Balaban J connectivity index is 1.27. The van der Waals surface area contributed by atoms with E-state index in [4.69, 9.17) is 0 Å². The first-order valence-electron chi connectivity index (χ1n) is 14.1. The van der Waals surface area contributed by atoms with Crippen molar-refractivity contribution in [2.24, 2.45) is 52.3 Å². The van der Waals surface area contributed by atoms with Gasteiger partial charge in [0, 0.05) is 17.5 Å². The van der Waals surface area contributed by atoms with Crippen LogP contribution >= 0.6 is 0 Å². The maximum Gasteiger partial charge on any atom is 0.158 e. The maximum absolute atomic E-state index is 14.0. The van der Waals surface area contributed by atoms with Gasteiger partial charge < -0.3 is 0 Å². The van der Waals surface area contributed by atoms with Crippen molar-refractivity contribution >= 4 is 16.7 Å². The summed E-state index contributed by atoms with van der Waals surface area (Å²) < 4.78 is 1.90. The van der Waals surface area contributed by atoms with Gasteiger partial charge in [0.2, 0.25) is 0 Å². The van der Waals surface area contributed by atoms with Gasteiger partial charge in [0.25, 0.3) is 0 Å². The number of carbonyl (C=O) groups excluding carboxylic acids is 1. The van der Waals surface area contributed by atoms with E-state index in [1.165, 1.54) is 51.4 Å². The standard InChI is InChI=1S/C30H43N3O/c1-5-20-15-25-23-7-6-22-14-19(2)8-11-29(22,3)24(23)9-12-30(25,4)28(20)27(34)18-33-26-17-31-13-10-21(26)16-32-33/h10,13,16-17,19-20,22-25,28H,5-9,11-12,14-15,18H2,1-4H3/t19?,20-,22?,23?,24?,25?,28?,29?,30?/m1/s1. The zero-order valence-corrected chi connectivity index (χ0v) is 21.7. The predicted molar refractivity (Wildman–Crippen MR) is 136 cm³/mol. The lowest BCUT2D eigenvalue weighted by Crippen LogP contribution is -2.54. The van der Waals surface area contributed by atoms with Gasteiger partial charge in [0.15, 0.2) is 5.78 Å². The van der Waals surface area contributed by atoms with E-state index < -0.39 is 0 Å². The van der Waals surface area contributed by atoms with Gasteiger partial charge in [-0.05, 0) is 97.3 Å². The lowest BCUT2D eigenvalue weighted by atomic mass is 9.44. The van der Waals surface area contributed by atoms with Gasteiger partial charge in [0.05, 0.1) is 17.9 Å². The molecule has 0 saturated heterocycles. The molecule has 4 aliphatic rings. The Kier molecular flexibility index (Phi) is 5.46. The molecule has 8 unspecified atom stereocenters. The fourth-order valence-electron chi connectivity index (χ4n) is 9.97. The summed E-state index contributed by atoms with van der Waals surface area (Å²) in [6, 6.07) is 1.98. The van der Waals surface area contributed by atoms with Crippen molar-refractivity contribution in [3.8, 4) is 0 Å². The van der Waals surface area contributed by atoms with Gasteiger partial charge in [-0.3, -0.25) is 14.5 Å². The first kappa shape index (κ1) is 22.7. The molecule has 0 bridgehead atoms. The van der Waals surface area contributed by atoms with Crippen LogP contribution < -0.4 is 0 Å². The Bertz CT molecular complexity index is 1080. The monoisotopic (exact) mass is 461 g/mol. The maximum atomic E-state index is 14.0. The second-order valence-electron chi connectivity index (χ2n) is 13.2. The number of carbonyl (C=O) groups is 1. The molecule has 4 fully saturated rings. The van der Waals surface area contributed by atoms with Crippen molar-refractivity contribution in [3.63, 3.8) is 0 Å². The highest BCUT2D eigenvalue weighted by molar-refractivity contribution is 5.85. The third-order valence-corrected chi connectivity index (χ3v) is 11.7. The molecule has 6 rings (SSSR count). The molecule has 0 N–H and O–H groups in total. The summed E-state index contributed by atoms with van der Waals surface area (Å²) in [5.74, 6) is 5.39. The molecule has 0 aromatic carbocycles. The molecule has 2 aromatic heterocycles. The third kappa shape index (κ3) is 3.26. The van der Waals surface area contributed by atoms with Crippen molar-refractivity contribution in [1.82, 2.24) is 14.8 Å². The second-order valence-corrected chi connectivity index (χ2v) is 13.2. The highest BCUT2D eigenvalue weighted by Gasteiger charge is 2.63. The summed E-state index contributed by atoms with van der Waals surface area (Å²) in [7, 11) is 0. The van der Waals surface area contributed by atoms with Crippen LogP contribution in [0.2, 0.25) is 0 Å². The average molecular weight is 462 g/mol. The molecule has 0 aliphatic heterocycles. The highest BCUT2D eigenvalue weighted by Crippen LogP contribution is 2.69. The van der Waals surface area contributed by atoms with Gasteiger partial charge >= 0.3 is 0 Å². The zero-order chi connectivity index (χ0) is 23.7. The number of ketones is 1. The van der Waals surface area contributed by atoms with E-state index in [-0.39, 0.29) is 11.3 Å². The number of pyridine rings is 1. The second kappa shape index (κ2) is 8.17. The van der Waals surface area contributed by atoms with Crippen molar-refractivity contribution in [2.45, 2.75) is 92.0 Å². The lowest BCUT2D eigenvalue weighted by molar-refractivity contribution is -0.138. The van der Waals surface area contributed by atoms with E-state index in [2.05, 4.69) is 37.8 Å². The van der Waals surface area contributed by atoms with Crippen LogP contribution in [0.4, 0.5) is 0 Å². The number of hydrogen-bond donors (Lipinski definition) is 0. The van der Waals surface area contributed by atoms with Gasteiger partial charge in [-0.2, -0.15) is 5.10 Å². The van der Waals surface area contributed by atoms with Crippen LogP contribution in [-0.2, 0) is 11.3 Å². The van der Waals surface area contributed by atoms with Crippen molar-refractivity contribution in [3.05, 3.63) is 24.7 Å². The molecule has 4 aliphatic carbocycles. The number of Topliss-reactive ketones (excluding diaryl/α,β-unsaturated/α-hetero) is 1. The first-order chi connectivity index (χ1) is 16.3. The predicted octanol–water partition coefficient (Wildman–Crippen LogP) is 6.93. The Morgan fingerprint density at radius 1 is 1.06 bits per heavy atom. The first-order valence-corrected chi connectivity index (χ1v) is 14.1. The fourth-order valence-corrected chi connectivity index (χ4v) is 9.97. The van der Waals surface area contributed by atoms with E-state index >= 15 is 0 Å². The van der Waals surface area contributed by atoms with Crippen LogP contribution in [0.15, 0.2) is 24.7 Å².